The van der Waals surface area contributed by atoms with Crippen LogP contribution >= 0.6 is 0 Å². The van der Waals surface area contributed by atoms with Crippen LogP contribution in [0.4, 0.5) is 0 Å². The van der Waals surface area contributed by atoms with Crippen LogP contribution in [0.15, 0.2) is 158 Å². The van der Waals surface area contributed by atoms with Crippen molar-refractivity contribution >= 4 is 0 Å². The van der Waals surface area contributed by atoms with E-state index in [0.29, 0.717) is 0 Å². The number of hydrogen-bond donors (Lipinski definition) is 0. The van der Waals surface area contributed by atoms with Gasteiger partial charge in [-0.05, 0) is 295 Å². The van der Waals surface area contributed by atoms with E-state index in [-0.39, 0.29) is 0 Å². The first kappa shape index (κ1) is 69.4. The highest BCUT2D eigenvalue weighted by Gasteiger charge is 2.33. The summed E-state index contributed by atoms with van der Waals surface area (Å²) < 4.78 is 0. The van der Waals surface area contributed by atoms with Crippen molar-refractivity contribution in [2.24, 2.45) is 47.3 Å². The Balaban J connectivity index is 0.000000142. The second-order valence-electron chi connectivity index (χ2n) is 30.3. The van der Waals surface area contributed by atoms with Crippen LogP contribution in [0.3, 0.4) is 0 Å². The molecule has 6 aromatic carbocycles. The molecule has 0 heteroatoms. The maximum atomic E-state index is 3.97. The highest BCUT2D eigenvalue weighted by Crippen LogP contribution is 2.47. The standard InChI is InChI=1S/C24H38.C23H30.C22H28.C21H30/c1-3-5-19-7-11-21(12-8-19)23-15-17-24(18-16-23)22-13-9-20(6-4-2)10-14-22;1-3-5-19-8-12-21(13-9-19)23-16-14-22(15-17-23)20-10-6-18(4-2)7-11-20;1-3-4-18-7-11-20(12-8-18)22-15-13-21(14-16-22)19-9-5-17(2)6-10-19;1-3-17-6-10-19(11-7-17)21-14-12-20(13-15-21)18-8-4-16(2)5-9-18/h7-8,11-12,20,22-24H,3-6,9-10,13-18H2,1-2H3;6-7,10-11,14-17,19,21H,3-5,8-9,12-13H2,1-2H3;5-6,9-10,13-16,18,20H,3-4,7-8,11-12H2,1-2H3;3-5,8-9,17,19-21H,1,6-7,10-15H2,2H3. The van der Waals surface area contributed by atoms with Crippen molar-refractivity contribution in [3.05, 3.63) is 203 Å². The Morgan fingerprint density at radius 1 is 0.289 bits per heavy atom. The zero-order chi connectivity index (χ0) is 62.9. The van der Waals surface area contributed by atoms with Gasteiger partial charge in [0.1, 0.15) is 0 Å². The van der Waals surface area contributed by atoms with Crippen LogP contribution in [0.5, 0.6) is 0 Å². The molecule has 0 bridgehead atoms. The minimum absolute atomic E-state index is 0.791. The smallest absolute Gasteiger partial charge is 0.0162 e. The Kier molecular flexibility index (Phi) is 28.6. The molecule has 0 radical (unpaired) electrons. The summed E-state index contributed by atoms with van der Waals surface area (Å²) in [5.41, 5.74) is 17.3. The number of rotatable bonds is 18. The third-order valence-corrected chi connectivity index (χ3v) is 24.1. The summed E-state index contributed by atoms with van der Waals surface area (Å²) >= 11 is 0. The Morgan fingerprint density at radius 2 is 0.544 bits per heavy atom. The van der Waals surface area contributed by atoms with E-state index in [1.54, 1.807) is 22.3 Å². The van der Waals surface area contributed by atoms with Crippen LogP contribution in [0.25, 0.3) is 22.3 Å². The fourth-order valence-electron chi connectivity index (χ4n) is 18.1. The minimum Gasteiger partial charge on any atom is -0.103 e. The third-order valence-electron chi connectivity index (χ3n) is 24.1. The van der Waals surface area contributed by atoms with Crippen molar-refractivity contribution in [2.45, 2.75) is 284 Å². The van der Waals surface area contributed by atoms with Crippen LogP contribution in [0.2, 0.25) is 0 Å². The van der Waals surface area contributed by atoms with Gasteiger partial charge in [-0.25, -0.2) is 0 Å². The second kappa shape index (κ2) is 37.1. The van der Waals surface area contributed by atoms with Gasteiger partial charge in [0.25, 0.3) is 0 Å². The van der Waals surface area contributed by atoms with Crippen molar-refractivity contribution < 1.29 is 0 Å². The molecule has 6 aromatic rings. The van der Waals surface area contributed by atoms with Gasteiger partial charge in [-0.15, -0.1) is 6.58 Å². The molecular weight excluding hydrogens is 1080 g/mol. The molecule has 12 rings (SSSR count). The largest absolute Gasteiger partial charge is 0.103 e. The van der Waals surface area contributed by atoms with E-state index < -0.39 is 0 Å². The molecule has 0 spiro atoms. The van der Waals surface area contributed by atoms with E-state index in [9.17, 15) is 0 Å². The highest BCUT2D eigenvalue weighted by atomic mass is 14.4. The molecule has 6 aliphatic carbocycles. The van der Waals surface area contributed by atoms with Gasteiger partial charge in [-0.2, -0.15) is 0 Å². The fourth-order valence-corrected chi connectivity index (χ4v) is 18.1. The summed E-state index contributed by atoms with van der Waals surface area (Å²) in [7, 11) is 0. The van der Waals surface area contributed by atoms with Gasteiger partial charge >= 0.3 is 0 Å². The predicted octanol–water partition coefficient (Wildman–Crippen LogP) is 27.5. The van der Waals surface area contributed by atoms with Gasteiger partial charge in [0, 0.05) is 0 Å². The normalized spacial score (nSPS) is 26.9. The van der Waals surface area contributed by atoms with Crippen molar-refractivity contribution in [3.63, 3.8) is 0 Å². The van der Waals surface area contributed by atoms with Gasteiger partial charge in [0.05, 0.1) is 0 Å². The van der Waals surface area contributed by atoms with E-state index >= 15 is 0 Å². The summed E-state index contributed by atoms with van der Waals surface area (Å²) in [5, 5.41) is 0. The van der Waals surface area contributed by atoms with E-state index in [1.807, 2.05) is 0 Å². The Bertz CT molecular complexity index is 2850. The zero-order valence-corrected chi connectivity index (χ0v) is 58.4. The van der Waals surface area contributed by atoms with Gasteiger partial charge in [0.15, 0.2) is 0 Å². The lowest BCUT2D eigenvalue weighted by Gasteiger charge is -2.38. The van der Waals surface area contributed by atoms with Crippen molar-refractivity contribution in [2.75, 3.05) is 0 Å². The first-order valence-corrected chi connectivity index (χ1v) is 38.3. The predicted molar refractivity (Wildman–Crippen MR) is 394 cm³/mol. The van der Waals surface area contributed by atoms with E-state index in [2.05, 4.69) is 207 Å². The highest BCUT2D eigenvalue weighted by molar-refractivity contribution is 5.65. The molecule has 0 unspecified atom stereocenters. The topological polar surface area (TPSA) is 0 Å². The summed E-state index contributed by atoms with van der Waals surface area (Å²) in [4.78, 5) is 0. The molecule has 6 aliphatic rings. The van der Waals surface area contributed by atoms with Crippen molar-refractivity contribution in [3.8, 4) is 22.3 Å². The lowest BCUT2D eigenvalue weighted by molar-refractivity contribution is 0.156. The molecule has 486 valence electrons. The van der Waals surface area contributed by atoms with Crippen LogP contribution < -0.4 is 0 Å². The molecule has 0 aromatic heterocycles. The molecule has 90 heavy (non-hydrogen) atoms. The molecule has 6 saturated carbocycles. The van der Waals surface area contributed by atoms with Gasteiger partial charge in [-0.3, -0.25) is 0 Å². The van der Waals surface area contributed by atoms with E-state index in [4.69, 9.17) is 0 Å². The molecule has 0 nitrogen and oxygen atoms in total. The lowest BCUT2D eigenvalue weighted by atomic mass is 9.68. The molecule has 0 saturated heterocycles. The Hall–Kier alpha value is -4.94. The minimum atomic E-state index is 0.791. The average Bonchev–Trinajstić information content (AvgIpc) is 2.66. The summed E-state index contributed by atoms with van der Waals surface area (Å²) in [5.74, 6) is 11.2. The van der Waals surface area contributed by atoms with Gasteiger partial charge < -0.3 is 0 Å². The number of hydrogen-bond acceptors (Lipinski definition) is 0. The second-order valence-corrected chi connectivity index (χ2v) is 30.3. The SMILES string of the molecule is C=CC1CCC(C2CCC(c3ccc(C)cc3)CC2)CC1.CCCC1CCC(c2ccc(-c3ccc(C)cc3)cc2)CC1.CCCC1CCC(c2ccc(-c3ccc(CC)cc3)cc2)CC1.CCCc1ccc(C2CCC(C3CCC(CCC)CC3)CC2)cc1. The molecule has 0 heterocycles. The third kappa shape index (κ3) is 21.0. The quantitative estimate of drug-likeness (QED) is 0.0753. The molecule has 0 aliphatic heterocycles. The first-order chi connectivity index (χ1) is 44.1. The maximum absolute atomic E-state index is 3.97. The summed E-state index contributed by atoms with van der Waals surface area (Å²) in [6, 6.07) is 55.4. The van der Waals surface area contributed by atoms with Gasteiger partial charge in [0.2, 0.25) is 0 Å². The average molecular weight is 1210 g/mol. The first-order valence-electron chi connectivity index (χ1n) is 38.3. The molecule has 0 atom stereocenters. The number of benzene rings is 6. The molecular formula is C90H126. The van der Waals surface area contributed by atoms with E-state index in [1.165, 1.54) is 250 Å². The molecule has 0 N–H and O–H groups in total. The monoisotopic (exact) mass is 1210 g/mol. The van der Waals surface area contributed by atoms with Crippen LogP contribution in [-0.4, -0.2) is 0 Å². The summed E-state index contributed by atoms with van der Waals surface area (Å²) in [6.07, 6.45) is 48.9. The Morgan fingerprint density at radius 3 is 0.867 bits per heavy atom. The zero-order valence-electron chi connectivity index (χ0n) is 58.4. The number of allylic oxidation sites excluding steroid dienone is 1. The molecule has 6 fully saturated rings. The maximum Gasteiger partial charge on any atom is -0.0162 e. The summed E-state index contributed by atoms with van der Waals surface area (Å²) in [6.45, 7) is 19.8. The van der Waals surface area contributed by atoms with Crippen molar-refractivity contribution in [1.82, 2.24) is 0 Å². The fraction of sp³-hybridized carbons (Fsp3) is 0.578. The lowest BCUT2D eigenvalue weighted by Crippen LogP contribution is -2.25. The van der Waals surface area contributed by atoms with Crippen molar-refractivity contribution in [1.29, 1.82) is 0 Å². The van der Waals surface area contributed by atoms with Gasteiger partial charge in [-0.1, -0.05) is 255 Å². The van der Waals surface area contributed by atoms with Crippen LogP contribution in [-0.2, 0) is 12.8 Å². The van der Waals surface area contributed by atoms with E-state index in [0.717, 1.165) is 77.4 Å². The number of aryl methyl sites for hydroxylation is 4. The Labute approximate surface area is 553 Å². The van der Waals surface area contributed by atoms with Crippen LogP contribution in [0, 0.1) is 61.2 Å². The molecule has 0 amide bonds. The van der Waals surface area contributed by atoms with Crippen LogP contribution in [0.1, 0.15) is 302 Å².